The Hall–Kier alpha value is -1.70. The Bertz CT molecular complexity index is 609. The van der Waals surface area contributed by atoms with E-state index in [0.717, 1.165) is 47.1 Å². The maximum atomic E-state index is 12.6. The number of allylic oxidation sites excluding steroid dienone is 7. The van der Waals surface area contributed by atoms with Crippen LogP contribution < -0.4 is 0 Å². The number of hydrogen-bond acceptors (Lipinski definition) is 2. The van der Waals surface area contributed by atoms with E-state index in [0.29, 0.717) is 12.3 Å². The molecule has 0 N–H and O–H groups in total. The average molecular weight is 268 g/mol. The molecule has 0 aliphatic heterocycles. The Morgan fingerprint density at radius 2 is 1.90 bits per heavy atom. The summed E-state index contributed by atoms with van der Waals surface area (Å²) >= 11 is 0. The summed E-state index contributed by atoms with van der Waals surface area (Å²) in [5.74, 6) is 0.0933. The van der Waals surface area contributed by atoms with Crippen molar-refractivity contribution in [2.75, 3.05) is 0 Å². The van der Waals surface area contributed by atoms with Crippen molar-refractivity contribution in [2.45, 2.75) is 39.5 Å². The standard InChI is InChI=1S/C18H20O2/c1-10-6-11(2)16(12(3)7-10)17-15(19)9-14(18(17)20)8-13-4-5-13/h6,8,13,17H,1,4-5,7,9H2,2-3H3. The summed E-state index contributed by atoms with van der Waals surface area (Å²) in [6.07, 6.45) is 7.46. The van der Waals surface area contributed by atoms with Crippen LogP contribution >= 0.6 is 0 Å². The van der Waals surface area contributed by atoms with Crippen LogP contribution in [-0.4, -0.2) is 11.6 Å². The largest absolute Gasteiger partial charge is 0.298 e. The van der Waals surface area contributed by atoms with Crippen LogP contribution in [0.2, 0.25) is 0 Å². The van der Waals surface area contributed by atoms with E-state index in [2.05, 4.69) is 6.58 Å². The summed E-state index contributed by atoms with van der Waals surface area (Å²) in [4.78, 5) is 24.9. The molecule has 2 fully saturated rings. The van der Waals surface area contributed by atoms with E-state index in [-0.39, 0.29) is 11.6 Å². The SMILES string of the molecule is C=C1C=C(C)C(C2C(=O)CC(=CC3CC3)C2=O)=C(C)C1. The van der Waals surface area contributed by atoms with Gasteiger partial charge >= 0.3 is 0 Å². The molecule has 3 aliphatic carbocycles. The maximum absolute atomic E-state index is 12.6. The zero-order chi connectivity index (χ0) is 14.4. The molecule has 1 atom stereocenters. The molecule has 0 aromatic heterocycles. The second kappa shape index (κ2) is 4.69. The van der Waals surface area contributed by atoms with Crippen LogP contribution in [0, 0.1) is 11.8 Å². The Labute approximate surface area is 119 Å². The van der Waals surface area contributed by atoms with Crippen molar-refractivity contribution in [1.82, 2.24) is 0 Å². The quantitative estimate of drug-likeness (QED) is 0.565. The Morgan fingerprint density at radius 1 is 1.20 bits per heavy atom. The summed E-state index contributed by atoms with van der Waals surface area (Å²) in [6.45, 7) is 7.98. The summed E-state index contributed by atoms with van der Waals surface area (Å²) < 4.78 is 0. The first-order valence-electron chi connectivity index (χ1n) is 7.31. The molecule has 0 amide bonds. The van der Waals surface area contributed by atoms with Crippen LogP contribution in [0.5, 0.6) is 0 Å². The van der Waals surface area contributed by atoms with Crippen molar-refractivity contribution in [3.05, 3.63) is 46.6 Å². The molecule has 3 rings (SSSR count). The van der Waals surface area contributed by atoms with Crippen LogP contribution in [0.3, 0.4) is 0 Å². The van der Waals surface area contributed by atoms with Gasteiger partial charge in [-0.1, -0.05) is 29.9 Å². The fourth-order valence-corrected chi connectivity index (χ4v) is 3.37. The van der Waals surface area contributed by atoms with Crippen molar-refractivity contribution >= 4 is 11.6 Å². The minimum Gasteiger partial charge on any atom is -0.298 e. The van der Waals surface area contributed by atoms with Gasteiger partial charge in [0.2, 0.25) is 0 Å². The Morgan fingerprint density at radius 3 is 2.50 bits per heavy atom. The lowest BCUT2D eigenvalue weighted by atomic mass is 9.81. The molecule has 0 bridgehead atoms. The third kappa shape index (κ3) is 2.24. The molecule has 0 aromatic rings. The molecule has 0 aromatic carbocycles. The number of carbonyl (C=O) groups excluding carboxylic acids is 2. The van der Waals surface area contributed by atoms with Gasteiger partial charge in [0.1, 0.15) is 5.92 Å². The van der Waals surface area contributed by atoms with Crippen LogP contribution in [0.25, 0.3) is 0 Å². The predicted octanol–water partition coefficient (Wildman–Crippen LogP) is 3.70. The topological polar surface area (TPSA) is 34.1 Å². The maximum Gasteiger partial charge on any atom is 0.173 e. The first-order valence-corrected chi connectivity index (χ1v) is 7.31. The average Bonchev–Trinajstić information content (AvgIpc) is 3.11. The monoisotopic (exact) mass is 268 g/mol. The lowest BCUT2D eigenvalue weighted by Crippen LogP contribution is -2.21. The minimum atomic E-state index is -0.552. The number of Topliss-reactive ketones (excluding diaryl/α,β-unsaturated/α-hetero) is 2. The molecular formula is C18H20O2. The van der Waals surface area contributed by atoms with Crippen molar-refractivity contribution in [3.8, 4) is 0 Å². The second-order valence-electron chi connectivity index (χ2n) is 6.33. The second-order valence-corrected chi connectivity index (χ2v) is 6.33. The third-order valence-corrected chi connectivity index (χ3v) is 4.41. The number of carbonyl (C=O) groups is 2. The molecule has 0 radical (unpaired) electrons. The van der Waals surface area contributed by atoms with Crippen LogP contribution in [0.4, 0.5) is 0 Å². The molecule has 2 heteroatoms. The summed E-state index contributed by atoms with van der Waals surface area (Å²) in [5, 5.41) is 0. The van der Waals surface area contributed by atoms with Crippen LogP contribution in [0.1, 0.15) is 39.5 Å². The van der Waals surface area contributed by atoms with E-state index < -0.39 is 5.92 Å². The highest BCUT2D eigenvalue weighted by molar-refractivity contribution is 6.21. The van der Waals surface area contributed by atoms with E-state index in [1.165, 1.54) is 0 Å². The van der Waals surface area contributed by atoms with E-state index in [4.69, 9.17) is 0 Å². The zero-order valence-corrected chi connectivity index (χ0v) is 12.2. The van der Waals surface area contributed by atoms with E-state index >= 15 is 0 Å². The van der Waals surface area contributed by atoms with Gasteiger partial charge in [0.25, 0.3) is 0 Å². The van der Waals surface area contributed by atoms with E-state index in [1.807, 2.05) is 26.0 Å². The van der Waals surface area contributed by atoms with Gasteiger partial charge in [0.05, 0.1) is 0 Å². The van der Waals surface area contributed by atoms with Gasteiger partial charge in [-0.3, -0.25) is 9.59 Å². The molecule has 2 saturated carbocycles. The molecule has 1 unspecified atom stereocenters. The summed E-state index contributed by atoms with van der Waals surface area (Å²) in [6, 6.07) is 0. The van der Waals surface area contributed by atoms with Gasteiger partial charge in [-0.2, -0.15) is 0 Å². The van der Waals surface area contributed by atoms with Crippen molar-refractivity contribution in [3.63, 3.8) is 0 Å². The molecule has 104 valence electrons. The summed E-state index contributed by atoms with van der Waals surface area (Å²) in [5.41, 5.74) is 4.90. The van der Waals surface area contributed by atoms with Crippen LogP contribution in [0.15, 0.2) is 46.6 Å². The molecule has 0 heterocycles. The van der Waals surface area contributed by atoms with Gasteiger partial charge in [-0.15, -0.1) is 0 Å². The van der Waals surface area contributed by atoms with Crippen molar-refractivity contribution in [2.24, 2.45) is 11.8 Å². The summed E-state index contributed by atoms with van der Waals surface area (Å²) in [7, 11) is 0. The molecule has 0 saturated heterocycles. The van der Waals surface area contributed by atoms with Gasteiger partial charge in [0.15, 0.2) is 11.6 Å². The van der Waals surface area contributed by atoms with E-state index in [9.17, 15) is 9.59 Å². The minimum absolute atomic E-state index is 0.0384. The molecule has 0 spiro atoms. The smallest absolute Gasteiger partial charge is 0.173 e. The fourth-order valence-electron chi connectivity index (χ4n) is 3.37. The first kappa shape index (κ1) is 13.3. The number of ketones is 2. The third-order valence-electron chi connectivity index (χ3n) is 4.41. The van der Waals surface area contributed by atoms with Crippen molar-refractivity contribution < 1.29 is 9.59 Å². The molecule has 2 nitrogen and oxygen atoms in total. The zero-order valence-electron chi connectivity index (χ0n) is 12.2. The number of hydrogen-bond donors (Lipinski definition) is 0. The van der Waals surface area contributed by atoms with E-state index in [1.54, 1.807) is 0 Å². The van der Waals surface area contributed by atoms with Gasteiger partial charge < -0.3 is 0 Å². The van der Waals surface area contributed by atoms with Gasteiger partial charge in [0, 0.05) is 6.42 Å². The molecule has 3 aliphatic rings. The lowest BCUT2D eigenvalue weighted by Gasteiger charge is -2.22. The fraction of sp³-hybridized carbons (Fsp3) is 0.444. The highest BCUT2D eigenvalue weighted by atomic mass is 16.2. The first-order chi connectivity index (χ1) is 9.47. The van der Waals surface area contributed by atoms with Crippen LogP contribution in [-0.2, 0) is 9.59 Å². The van der Waals surface area contributed by atoms with Crippen molar-refractivity contribution in [1.29, 1.82) is 0 Å². The normalized spacial score (nSPS) is 29.5. The van der Waals surface area contributed by atoms with Gasteiger partial charge in [-0.05, 0) is 55.7 Å². The molecular weight excluding hydrogens is 248 g/mol. The Balaban J connectivity index is 1.96. The highest BCUT2D eigenvalue weighted by Crippen LogP contribution is 2.40. The predicted molar refractivity (Wildman–Crippen MR) is 79.1 cm³/mol. The number of rotatable bonds is 2. The van der Waals surface area contributed by atoms with Gasteiger partial charge in [-0.25, -0.2) is 0 Å². The highest BCUT2D eigenvalue weighted by Gasteiger charge is 2.41. The Kier molecular flexibility index (Phi) is 3.12. The lowest BCUT2D eigenvalue weighted by molar-refractivity contribution is -0.124. The molecule has 20 heavy (non-hydrogen) atoms.